The van der Waals surface area contributed by atoms with Gasteiger partial charge in [0.05, 0.1) is 25.5 Å². The van der Waals surface area contributed by atoms with Crippen LogP contribution in [0.5, 0.6) is 0 Å². The van der Waals surface area contributed by atoms with Crippen molar-refractivity contribution in [1.82, 2.24) is 14.9 Å². The zero-order chi connectivity index (χ0) is 18.2. The smallest absolute Gasteiger partial charge is 0.261 e. The van der Waals surface area contributed by atoms with Crippen molar-refractivity contribution in [2.45, 2.75) is 12.1 Å². The molecule has 138 valence electrons. The number of ether oxygens (including phenoxy) is 1. The van der Waals surface area contributed by atoms with Crippen molar-refractivity contribution in [3.8, 4) is 0 Å². The second-order valence-electron chi connectivity index (χ2n) is 7.17. The fourth-order valence-corrected chi connectivity index (χ4v) is 4.45. The number of hydrazine groups is 1. The van der Waals surface area contributed by atoms with E-state index in [9.17, 15) is 4.79 Å². The zero-order valence-electron chi connectivity index (χ0n) is 15.2. The van der Waals surface area contributed by atoms with E-state index in [1.165, 1.54) is 5.56 Å². The van der Waals surface area contributed by atoms with Crippen LogP contribution in [0.1, 0.15) is 17.2 Å². The molecule has 3 aliphatic rings. The van der Waals surface area contributed by atoms with Gasteiger partial charge in [0.1, 0.15) is 12.1 Å². The summed E-state index contributed by atoms with van der Waals surface area (Å²) in [6.45, 7) is 3.60. The highest BCUT2D eigenvalue weighted by Crippen LogP contribution is 2.44. The maximum atomic E-state index is 13.4. The van der Waals surface area contributed by atoms with Crippen molar-refractivity contribution in [2.24, 2.45) is 0 Å². The van der Waals surface area contributed by atoms with Gasteiger partial charge in [0.15, 0.2) is 0 Å². The molecule has 3 aliphatic heterocycles. The Bertz CT molecular complexity index is 846. The van der Waals surface area contributed by atoms with Crippen molar-refractivity contribution < 1.29 is 9.53 Å². The predicted molar refractivity (Wildman–Crippen MR) is 103 cm³/mol. The summed E-state index contributed by atoms with van der Waals surface area (Å²) in [5.41, 5.74) is 3.44. The lowest BCUT2D eigenvalue weighted by Gasteiger charge is -2.36. The van der Waals surface area contributed by atoms with E-state index in [0.717, 1.165) is 24.4 Å². The van der Waals surface area contributed by atoms with Crippen molar-refractivity contribution >= 4 is 11.6 Å². The van der Waals surface area contributed by atoms with Crippen LogP contribution in [0.2, 0.25) is 0 Å². The molecule has 2 saturated heterocycles. The van der Waals surface area contributed by atoms with Gasteiger partial charge in [-0.3, -0.25) is 14.7 Å². The lowest BCUT2D eigenvalue weighted by atomic mass is 9.96. The molecule has 0 radical (unpaired) electrons. The molecule has 2 aromatic carbocycles. The van der Waals surface area contributed by atoms with Crippen LogP contribution in [0.25, 0.3) is 5.70 Å². The third kappa shape index (κ3) is 2.74. The summed E-state index contributed by atoms with van der Waals surface area (Å²) in [4.78, 5) is 15.7. The fourth-order valence-electron chi connectivity index (χ4n) is 4.45. The van der Waals surface area contributed by atoms with Crippen LogP contribution >= 0.6 is 0 Å². The molecule has 0 spiro atoms. The van der Waals surface area contributed by atoms with Crippen molar-refractivity contribution in [1.29, 1.82) is 0 Å². The van der Waals surface area contributed by atoms with E-state index in [1.807, 2.05) is 29.3 Å². The number of amides is 1. The minimum atomic E-state index is -0.177. The molecule has 27 heavy (non-hydrogen) atoms. The maximum absolute atomic E-state index is 13.4. The highest BCUT2D eigenvalue weighted by atomic mass is 16.5. The lowest BCUT2D eigenvalue weighted by Crippen LogP contribution is -2.49. The topological polar surface area (TPSA) is 36.0 Å². The molecule has 2 aromatic rings. The molecule has 5 rings (SSSR count). The summed E-state index contributed by atoms with van der Waals surface area (Å²) >= 11 is 0. The van der Waals surface area contributed by atoms with E-state index in [-0.39, 0.29) is 18.0 Å². The van der Waals surface area contributed by atoms with Crippen molar-refractivity contribution in [3.05, 3.63) is 77.9 Å². The van der Waals surface area contributed by atoms with Gasteiger partial charge in [-0.2, -0.15) is 0 Å². The first-order valence-electron chi connectivity index (χ1n) is 9.57. The molecule has 3 heterocycles. The highest BCUT2D eigenvalue weighted by Gasteiger charge is 2.52. The average molecular weight is 361 g/mol. The van der Waals surface area contributed by atoms with Gasteiger partial charge < -0.3 is 4.74 Å². The molecule has 0 saturated carbocycles. The Morgan fingerprint density at radius 2 is 1.52 bits per heavy atom. The number of hydrogen-bond donors (Lipinski definition) is 0. The lowest BCUT2D eigenvalue weighted by molar-refractivity contribution is -0.137. The van der Waals surface area contributed by atoms with E-state index < -0.39 is 0 Å². The molecule has 1 amide bonds. The average Bonchev–Trinajstić information content (AvgIpc) is 3.29. The first-order valence-corrected chi connectivity index (χ1v) is 9.57. The van der Waals surface area contributed by atoms with Crippen LogP contribution in [0.4, 0.5) is 0 Å². The molecule has 5 heteroatoms. The Labute approximate surface area is 159 Å². The van der Waals surface area contributed by atoms with Gasteiger partial charge in [-0.25, -0.2) is 5.01 Å². The van der Waals surface area contributed by atoms with Gasteiger partial charge in [0.2, 0.25) is 0 Å². The minimum Gasteiger partial charge on any atom is -0.379 e. The molecular formula is C22H23N3O2. The van der Waals surface area contributed by atoms with Gasteiger partial charge in [0.25, 0.3) is 5.91 Å². The third-order valence-electron chi connectivity index (χ3n) is 5.68. The summed E-state index contributed by atoms with van der Waals surface area (Å²) in [5, 5.41) is 4.13. The van der Waals surface area contributed by atoms with Crippen LogP contribution < -0.4 is 0 Å². The number of hydrogen-bond acceptors (Lipinski definition) is 4. The Morgan fingerprint density at radius 1 is 0.852 bits per heavy atom. The quantitative estimate of drug-likeness (QED) is 0.842. The molecule has 0 unspecified atom stereocenters. The summed E-state index contributed by atoms with van der Waals surface area (Å²) in [5.74, 6) is 0.188. The molecule has 5 nitrogen and oxygen atoms in total. The maximum Gasteiger partial charge on any atom is 0.261 e. The highest BCUT2D eigenvalue weighted by molar-refractivity contribution is 5.89. The second kappa shape index (κ2) is 6.83. The standard InChI is InChI=1S/C22H23N3O2/c26-22-21(23-13-15-27-16-14-23)20(18-9-5-2-6-10-18)25-19(11-12-24(22)25)17-7-3-1-4-8-17/h1-11,20-21H,12-16H2/t20-,21-/m1/s1. The monoisotopic (exact) mass is 361 g/mol. The molecule has 0 aliphatic carbocycles. The van der Waals surface area contributed by atoms with Gasteiger partial charge >= 0.3 is 0 Å². The number of morpholine rings is 1. The van der Waals surface area contributed by atoms with Crippen LogP contribution in [-0.2, 0) is 9.53 Å². The van der Waals surface area contributed by atoms with Crippen LogP contribution in [-0.4, -0.2) is 59.7 Å². The van der Waals surface area contributed by atoms with E-state index in [2.05, 4.69) is 52.4 Å². The number of fused-ring (bicyclic) bond motifs is 1. The largest absolute Gasteiger partial charge is 0.379 e. The summed E-state index contributed by atoms with van der Waals surface area (Å²) in [6.07, 6.45) is 2.17. The van der Waals surface area contributed by atoms with Crippen LogP contribution in [0.3, 0.4) is 0 Å². The van der Waals surface area contributed by atoms with Gasteiger partial charge in [0, 0.05) is 13.1 Å². The molecule has 0 bridgehead atoms. The molecule has 0 aromatic heterocycles. The van der Waals surface area contributed by atoms with Crippen LogP contribution in [0.15, 0.2) is 66.7 Å². The van der Waals surface area contributed by atoms with Crippen molar-refractivity contribution in [2.75, 3.05) is 32.8 Å². The fraction of sp³-hybridized carbons (Fsp3) is 0.318. The number of benzene rings is 2. The number of carbonyl (C=O) groups is 1. The zero-order valence-corrected chi connectivity index (χ0v) is 15.2. The van der Waals surface area contributed by atoms with E-state index in [0.29, 0.717) is 19.8 Å². The first-order chi connectivity index (χ1) is 13.3. The Morgan fingerprint density at radius 3 is 2.22 bits per heavy atom. The van der Waals surface area contributed by atoms with Gasteiger partial charge in [-0.05, 0) is 17.2 Å². The van der Waals surface area contributed by atoms with E-state index in [1.54, 1.807) is 0 Å². The first kappa shape index (κ1) is 16.5. The molecule has 2 fully saturated rings. The number of rotatable bonds is 3. The SMILES string of the molecule is O=C1[C@H](N2CCOCC2)[C@@H](c2ccccc2)N2C(c3ccccc3)=CCN12. The summed E-state index contributed by atoms with van der Waals surface area (Å²) < 4.78 is 5.53. The number of nitrogens with zero attached hydrogens (tertiary/aromatic N) is 3. The van der Waals surface area contributed by atoms with Crippen LogP contribution in [0, 0.1) is 0 Å². The molecule has 0 N–H and O–H groups in total. The van der Waals surface area contributed by atoms with Gasteiger partial charge in [-0.1, -0.05) is 60.7 Å². The normalized spacial score (nSPS) is 25.6. The second-order valence-corrected chi connectivity index (χ2v) is 7.17. The minimum absolute atomic E-state index is 0.0224. The Hall–Kier alpha value is -2.63. The number of carbonyl (C=O) groups excluding carboxylic acids is 1. The molecular weight excluding hydrogens is 338 g/mol. The third-order valence-corrected chi connectivity index (χ3v) is 5.68. The van der Waals surface area contributed by atoms with E-state index >= 15 is 0 Å². The van der Waals surface area contributed by atoms with Gasteiger partial charge in [-0.15, -0.1) is 0 Å². The Balaban J connectivity index is 1.58. The predicted octanol–water partition coefficient (Wildman–Crippen LogP) is 2.54. The summed E-state index contributed by atoms with van der Waals surface area (Å²) in [6, 6.07) is 20.6. The van der Waals surface area contributed by atoms with Crippen molar-refractivity contribution in [3.63, 3.8) is 0 Å². The van der Waals surface area contributed by atoms with E-state index in [4.69, 9.17) is 4.74 Å². The summed E-state index contributed by atoms with van der Waals surface area (Å²) in [7, 11) is 0. The molecule has 2 atom stereocenters. The Kier molecular flexibility index (Phi) is 4.19.